The summed E-state index contributed by atoms with van der Waals surface area (Å²) in [5, 5.41) is 0. The maximum absolute atomic E-state index is 12.1. The molecule has 0 atom stereocenters. The van der Waals surface area contributed by atoms with Crippen molar-refractivity contribution in [1.29, 1.82) is 0 Å². The Morgan fingerprint density at radius 2 is 1.68 bits per heavy atom. The molecule has 2 rings (SSSR count). The lowest BCUT2D eigenvalue weighted by Gasteiger charge is -2.08. The molecule has 0 amide bonds. The van der Waals surface area contributed by atoms with Crippen LogP contribution in [-0.2, 0) is 10.1 Å². The SMILES string of the molecule is Cc1ccc(S(=O)(=O)Oc2ccc(C)nc2I)cc1. The molecule has 0 fully saturated rings. The van der Waals surface area contributed by atoms with Crippen molar-refractivity contribution in [2.45, 2.75) is 18.7 Å². The summed E-state index contributed by atoms with van der Waals surface area (Å²) in [4.78, 5) is 4.30. The van der Waals surface area contributed by atoms with Crippen LogP contribution in [0.25, 0.3) is 0 Å². The van der Waals surface area contributed by atoms with Crippen molar-refractivity contribution in [1.82, 2.24) is 4.98 Å². The third-order valence-corrected chi connectivity index (χ3v) is 4.48. The Bertz CT molecular complexity index is 696. The van der Waals surface area contributed by atoms with Crippen molar-refractivity contribution in [2.24, 2.45) is 0 Å². The van der Waals surface area contributed by atoms with Gasteiger partial charge in [-0.05, 0) is 60.7 Å². The van der Waals surface area contributed by atoms with E-state index in [-0.39, 0.29) is 10.6 Å². The number of aryl methyl sites for hydroxylation is 2. The standard InChI is InChI=1S/C13H12INO3S/c1-9-3-6-11(7-4-9)19(16,17)18-12-8-5-10(2)15-13(12)14/h3-8H,1-2H3. The van der Waals surface area contributed by atoms with Crippen LogP contribution in [-0.4, -0.2) is 13.4 Å². The number of benzene rings is 1. The molecule has 0 saturated heterocycles. The summed E-state index contributed by atoms with van der Waals surface area (Å²) in [6, 6.07) is 9.83. The van der Waals surface area contributed by atoms with Gasteiger partial charge in [0, 0.05) is 5.69 Å². The summed E-state index contributed by atoms with van der Waals surface area (Å²) in [6.45, 7) is 3.73. The highest BCUT2D eigenvalue weighted by molar-refractivity contribution is 14.1. The number of pyridine rings is 1. The first kappa shape index (κ1) is 14.3. The third-order valence-electron chi connectivity index (χ3n) is 2.46. The number of hydrogen-bond donors (Lipinski definition) is 0. The van der Waals surface area contributed by atoms with Crippen molar-refractivity contribution < 1.29 is 12.6 Å². The monoisotopic (exact) mass is 389 g/mol. The normalized spacial score (nSPS) is 11.3. The lowest BCUT2D eigenvalue weighted by molar-refractivity contribution is 0.482. The molecule has 1 heterocycles. The molecule has 4 nitrogen and oxygen atoms in total. The average molecular weight is 389 g/mol. The second-order valence-corrected chi connectivity index (χ2v) is 6.66. The molecule has 0 aliphatic rings. The van der Waals surface area contributed by atoms with Crippen LogP contribution in [0, 0.1) is 17.5 Å². The molecule has 0 N–H and O–H groups in total. The minimum Gasteiger partial charge on any atom is -0.376 e. The summed E-state index contributed by atoms with van der Waals surface area (Å²) in [5.41, 5.74) is 1.80. The molecule has 0 radical (unpaired) electrons. The van der Waals surface area contributed by atoms with Crippen LogP contribution in [0.5, 0.6) is 5.75 Å². The van der Waals surface area contributed by atoms with Gasteiger partial charge in [-0.15, -0.1) is 0 Å². The lowest BCUT2D eigenvalue weighted by atomic mass is 10.2. The molecule has 2 aromatic rings. The molecular formula is C13H12INO3S. The van der Waals surface area contributed by atoms with Crippen molar-refractivity contribution in [3.63, 3.8) is 0 Å². The zero-order chi connectivity index (χ0) is 14.0. The van der Waals surface area contributed by atoms with Gasteiger partial charge >= 0.3 is 10.1 Å². The molecule has 0 saturated carbocycles. The van der Waals surface area contributed by atoms with Gasteiger partial charge in [-0.1, -0.05) is 17.7 Å². The van der Waals surface area contributed by atoms with Crippen LogP contribution in [0.2, 0.25) is 0 Å². The minimum atomic E-state index is -3.81. The van der Waals surface area contributed by atoms with E-state index in [1.54, 1.807) is 24.3 Å². The summed E-state index contributed by atoms with van der Waals surface area (Å²) in [5.74, 6) is 0.242. The summed E-state index contributed by atoms with van der Waals surface area (Å²) in [7, 11) is -3.81. The molecule has 0 spiro atoms. The zero-order valence-corrected chi connectivity index (χ0v) is 13.4. The fourth-order valence-corrected chi connectivity index (χ4v) is 3.20. The Morgan fingerprint density at radius 3 is 2.26 bits per heavy atom. The van der Waals surface area contributed by atoms with Crippen molar-refractivity contribution in [3.8, 4) is 5.75 Å². The Kier molecular flexibility index (Phi) is 4.10. The number of halogens is 1. The summed E-state index contributed by atoms with van der Waals surface area (Å²) >= 11 is 1.95. The van der Waals surface area contributed by atoms with Gasteiger partial charge in [0.15, 0.2) is 5.75 Å². The van der Waals surface area contributed by atoms with Crippen molar-refractivity contribution in [3.05, 3.63) is 51.4 Å². The zero-order valence-electron chi connectivity index (χ0n) is 10.4. The van der Waals surface area contributed by atoms with E-state index in [9.17, 15) is 8.42 Å². The largest absolute Gasteiger partial charge is 0.376 e. The Balaban J connectivity index is 2.33. The molecule has 0 unspecified atom stereocenters. The van der Waals surface area contributed by atoms with Gasteiger partial charge in [0.1, 0.15) is 8.60 Å². The number of hydrogen-bond acceptors (Lipinski definition) is 4. The van der Waals surface area contributed by atoms with E-state index < -0.39 is 10.1 Å². The molecule has 100 valence electrons. The molecule has 0 aliphatic carbocycles. The van der Waals surface area contributed by atoms with Crippen molar-refractivity contribution in [2.75, 3.05) is 0 Å². The minimum absolute atomic E-state index is 0.134. The smallest absolute Gasteiger partial charge is 0.339 e. The molecule has 0 bridgehead atoms. The van der Waals surface area contributed by atoms with Gasteiger partial charge in [0.2, 0.25) is 0 Å². The molecule has 1 aromatic carbocycles. The van der Waals surface area contributed by atoms with Gasteiger partial charge in [0.25, 0.3) is 0 Å². The predicted molar refractivity (Wildman–Crippen MR) is 80.7 cm³/mol. The Labute approximate surface area is 126 Å². The maximum Gasteiger partial charge on any atom is 0.339 e. The summed E-state index contributed by atoms with van der Waals surface area (Å²) in [6.07, 6.45) is 0. The van der Waals surface area contributed by atoms with Crippen LogP contribution in [0.15, 0.2) is 41.3 Å². The number of rotatable bonds is 3. The highest BCUT2D eigenvalue weighted by Crippen LogP contribution is 2.23. The molecule has 0 aliphatic heterocycles. The number of aromatic nitrogens is 1. The van der Waals surface area contributed by atoms with Crippen molar-refractivity contribution >= 4 is 32.7 Å². The second kappa shape index (κ2) is 5.46. The fraction of sp³-hybridized carbons (Fsp3) is 0.154. The highest BCUT2D eigenvalue weighted by atomic mass is 127. The van der Waals surface area contributed by atoms with Gasteiger partial charge in [0.05, 0.1) is 0 Å². The quantitative estimate of drug-likeness (QED) is 0.460. The van der Waals surface area contributed by atoms with E-state index in [2.05, 4.69) is 4.98 Å². The van der Waals surface area contributed by atoms with Gasteiger partial charge in [-0.25, -0.2) is 4.98 Å². The van der Waals surface area contributed by atoms with E-state index in [1.165, 1.54) is 12.1 Å². The topological polar surface area (TPSA) is 56.3 Å². The van der Waals surface area contributed by atoms with Gasteiger partial charge in [-0.2, -0.15) is 8.42 Å². The third kappa shape index (κ3) is 3.44. The molecule has 1 aromatic heterocycles. The van der Waals surface area contributed by atoms with E-state index >= 15 is 0 Å². The molecular weight excluding hydrogens is 377 g/mol. The summed E-state index contributed by atoms with van der Waals surface area (Å²) < 4.78 is 29.8. The highest BCUT2D eigenvalue weighted by Gasteiger charge is 2.18. The number of nitrogens with zero attached hydrogens (tertiary/aromatic N) is 1. The van der Waals surface area contributed by atoms with Gasteiger partial charge in [-0.3, -0.25) is 0 Å². The first-order valence-corrected chi connectivity index (χ1v) is 8.01. The average Bonchev–Trinajstić information content (AvgIpc) is 2.33. The fourth-order valence-electron chi connectivity index (χ4n) is 1.45. The van der Waals surface area contributed by atoms with Crippen LogP contribution < -0.4 is 4.18 Å². The van der Waals surface area contributed by atoms with E-state index in [0.29, 0.717) is 3.70 Å². The molecule has 19 heavy (non-hydrogen) atoms. The van der Waals surface area contributed by atoms with E-state index in [4.69, 9.17) is 4.18 Å². The lowest BCUT2D eigenvalue weighted by Crippen LogP contribution is -2.11. The van der Waals surface area contributed by atoms with Crippen LogP contribution in [0.4, 0.5) is 0 Å². The maximum atomic E-state index is 12.1. The Hall–Kier alpha value is -1.15. The first-order chi connectivity index (χ1) is 8.88. The van der Waals surface area contributed by atoms with Crippen LogP contribution in [0.3, 0.4) is 0 Å². The van der Waals surface area contributed by atoms with Crippen LogP contribution >= 0.6 is 22.6 Å². The molecule has 6 heteroatoms. The first-order valence-electron chi connectivity index (χ1n) is 5.53. The Morgan fingerprint density at radius 1 is 1.05 bits per heavy atom. The van der Waals surface area contributed by atoms with Gasteiger partial charge < -0.3 is 4.18 Å². The van der Waals surface area contributed by atoms with Crippen LogP contribution in [0.1, 0.15) is 11.3 Å². The van der Waals surface area contributed by atoms with E-state index in [1.807, 2.05) is 36.4 Å². The van der Waals surface area contributed by atoms with E-state index in [0.717, 1.165) is 11.3 Å². The predicted octanol–water partition coefficient (Wildman–Crippen LogP) is 3.07. The second-order valence-electron chi connectivity index (χ2n) is 4.09.